The van der Waals surface area contributed by atoms with E-state index in [0.717, 1.165) is 39.7 Å². The third kappa shape index (κ3) is 4.43. The minimum atomic E-state index is -0.221. The number of carbonyl (C=O) groups is 1. The van der Waals surface area contributed by atoms with Crippen LogP contribution in [0, 0.1) is 0 Å². The first-order valence-corrected chi connectivity index (χ1v) is 11.0. The first kappa shape index (κ1) is 19.9. The minimum absolute atomic E-state index is 0.221. The molecule has 3 aromatic rings. The van der Waals surface area contributed by atoms with Crippen molar-refractivity contribution in [1.82, 2.24) is 5.32 Å². The number of hydrogen-bond donors (Lipinski definition) is 2. The Hall–Kier alpha value is -2.44. The Kier molecular flexibility index (Phi) is 6.11. The lowest BCUT2D eigenvalue weighted by atomic mass is 10.0. The molecule has 4 rings (SSSR count). The number of carbonyl (C=O) groups excluding carboxylic acids is 1. The van der Waals surface area contributed by atoms with E-state index in [1.165, 1.54) is 19.3 Å². The Morgan fingerprint density at radius 3 is 2.45 bits per heavy atom. The highest BCUT2D eigenvalue weighted by molar-refractivity contribution is 9.10. The van der Waals surface area contributed by atoms with Crippen LogP contribution in [0.2, 0.25) is 0 Å². The van der Waals surface area contributed by atoms with E-state index in [4.69, 9.17) is 12.2 Å². The smallest absolute Gasteiger partial charge is 0.258 e. The van der Waals surface area contributed by atoms with Crippen LogP contribution in [-0.4, -0.2) is 24.1 Å². The molecule has 6 heteroatoms. The van der Waals surface area contributed by atoms with Gasteiger partial charge < -0.3 is 10.2 Å². The fraction of sp³-hybridized carbons (Fsp3) is 0.217. The Labute approximate surface area is 184 Å². The molecule has 29 heavy (non-hydrogen) atoms. The molecule has 1 aliphatic heterocycles. The predicted molar refractivity (Wildman–Crippen MR) is 128 cm³/mol. The zero-order chi connectivity index (χ0) is 20.2. The van der Waals surface area contributed by atoms with Crippen LogP contribution >= 0.6 is 28.1 Å². The number of thiocarbonyl (C=S) groups is 1. The largest absolute Gasteiger partial charge is 0.370 e. The molecule has 1 saturated heterocycles. The molecular formula is C23H22BrN3OS. The number of rotatable bonds is 3. The van der Waals surface area contributed by atoms with Crippen LogP contribution in [0.5, 0.6) is 0 Å². The normalized spacial score (nSPS) is 13.9. The summed E-state index contributed by atoms with van der Waals surface area (Å²) in [6.07, 6.45) is 3.68. The van der Waals surface area contributed by atoms with Gasteiger partial charge in [-0.15, -0.1) is 0 Å². The van der Waals surface area contributed by atoms with Gasteiger partial charge in [0.05, 0.1) is 11.4 Å². The Balaban J connectivity index is 1.51. The van der Waals surface area contributed by atoms with E-state index in [1.807, 2.05) is 54.6 Å². The molecule has 1 heterocycles. The SMILES string of the molecule is O=C(NC(=S)Nc1ccccc1N1CCCCC1)c1cccc2c(Br)cccc12. The zero-order valence-corrected chi connectivity index (χ0v) is 18.4. The quantitative estimate of drug-likeness (QED) is 0.483. The number of amides is 1. The van der Waals surface area contributed by atoms with Gasteiger partial charge in [0.25, 0.3) is 5.91 Å². The van der Waals surface area contributed by atoms with E-state index in [9.17, 15) is 4.79 Å². The molecule has 0 unspecified atom stereocenters. The number of piperidine rings is 1. The average molecular weight is 468 g/mol. The number of para-hydroxylation sites is 2. The fourth-order valence-corrected chi connectivity index (χ4v) is 4.48. The lowest BCUT2D eigenvalue weighted by Crippen LogP contribution is -2.35. The maximum absolute atomic E-state index is 12.9. The molecule has 0 aromatic heterocycles. The lowest BCUT2D eigenvalue weighted by Gasteiger charge is -2.30. The van der Waals surface area contributed by atoms with E-state index in [0.29, 0.717) is 10.7 Å². The van der Waals surface area contributed by atoms with Crippen molar-refractivity contribution in [2.24, 2.45) is 0 Å². The number of nitrogens with one attached hydrogen (secondary N) is 2. The van der Waals surface area contributed by atoms with Gasteiger partial charge in [0.1, 0.15) is 0 Å². The van der Waals surface area contributed by atoms with Crippen LogP contribution in [0.3, 0.4) is 0 Å². The summed E-state index contributed by atoms with van der Waals surface area (Å²) in [5.74, 6) is -0.221. The second kappa shape index (κ2) is 8.93. The molecule has 148 valence electrons. The second-order valence-corrected chi connectivity index (χ2v) is 8.38. The monoisotopic (exact) mass is 467 g/mol. The molecule has 1 fully saturated rings. The molecule has 0 bridgehead atoms. The van der Waals surface area contributed by atoms with Crippen molar-refractivity contribution in [3.63, 3.8) is 0 Å². The number of halogens is 1. The predicted octanol–water partition coefficient (Wildman–Crippen LogP) is 5.72. The van der Waals surface area contributed by atoms with E-state index in [1.54, 1.807) is 0 Å². The molecule has 0 radical (unpaired) electrons. The number of hydrogen-bond acceptors (Lipinski definition) is 3. The van der Waals surface area contributed by atoms with Gasteiger partial charge in [-0.25, -0.2) is 0 Å². The van der Waals surface area contributed by atoms with Crippen molar-refractivity contribution in [3.05, 3.63) is 70.7 Å². The number of fused-ring (bicyclic) bond motifs is 1. The van der Waals surface area contributed by atoms with E-state index in [-0.39, 0.29) is 5.91 Å². The van der Waals surface area contributed by atoms with Crippen LogP contribution in [0.25, 0.3) is 10.8 Å². The van der Waals surface area contributed by atoms with Gasteiger partial charge in [0.15, 0.2) is 5.11 Å². The van der Waals surface area contributed by atoms with E-state index >= 15 is 0 Å². The maximum atomic E-state index is 12.9. The van der Waals surface area contributed by atoms with Crippen molar-refractivity contribution >= 4 is 61.3 Å². The molecule has 4 nitrogen and oxygen atoms in total. The zero-order valence-electron chi connectivity index (χ0n) is 16.0. The van der Waals surface area contributed by atoms with Crippen molar-refractivity contribution in [3.8, 4) is 0 Å². The van der Waals surface area contributed by atoms with Gasteiger partial charge in [-0.05, 0) is 66.5 Å². The number of nitrogens with zero attached hydrogens (tertiary/aromatic N) is 1. The van der Waals surface area contributed by atoms with Crippen LogP contribution in [0.15, 0.2) is 65.1 Å². The summed E-state index contributed by atoms with van der Waals surface area (Å²) < 4.78 is 0.959. The second-order valence-electron chi connectivity index (χ2n) is 7.11. The number of anilines is 2. The topological polar surface area (TPSA) is 44.4 Å². The molecule has 3 aromatic carbocycles. The van der Waals surface area contributed by atoms with Crippen LogP contribution in [0.1, 0.15) is 29.6 Å². The fourth-order valence-electron chi connectivity index (χ4n) is 3.78. The number of benzene rings is 3. The molecule has 0 saturated carbocycles. The van der Waals surface area contributed by atoms with E-state index < -0.39 is 0 Å². The van der Waals surface area contributed by atoms with Crippen LogP contribution in [-0.2, 0) is 0 Å². The molecule has 1 amide bonds. The summed E-state index contributed by atoms with van der Waals surface area (Å²) >= 11 is 9.00. The van der Waals surface area contributed by atoms with Crippen LogP contribution in [0.4, 0.5) is 11.4 Å². The van der Waals surface area contributed by atoms with Gasteiger partial charge in [-0.2, -0.15) is 0 Å². The standard InChI is InChI=1S/C23H22BrN3OS/c24-19-11-7-8-16-17(19)9-6-10-18(16)22(28)26-23(29)25-20-12-2-3-13-21(20)27-14-4-1-5-15-27/h2-3,6-13H,1,4-5,14-15H2,(H2,25,26,28,29). The summed E-state index contributed by atoms with van der Waals surface area (Å²) in [4.78, 5) is 15.3. The van der Waals surface area contributed by atoms with Crippen molar-refractivity contribution < 1.29 is 4.79 Å². The highest BCUT2D eigenvalue weighted by Gasteiger charge is 2.16. The first-order chi connectivity index (χ1) is 14.1. The summed E-state index contributed by atoms with van der Waals surface area (Å²) in [6, 6.07) is 19.6. The van der Waals surface area contributed by atoms with Gasteiger partial charge >= 0.3 is 0 Å². The van der Waals surface area contributed by atoms with Gasteiger partial charge in [0, 0.05) is 23.1 Å². The van der Waals surface area contributed by atoms with Crippen molar-refractivity contribution in [2.45, 2.75) is 19.3 Å². The van der Waals surface area contributed by atoms with Gasteiger partial charge in [0.2, 0.25) is 0 Å². The molecule has 2 N–H and O–H groups in total. The van der Waals surface area contributed by atoms with Crippen LogP contribution < -0.4 is 15.5 Å². The molecule has 1 aliphatic rings. The van der Waals surface area contributed by atoms with E-state index in [2.05, 4.69) is 37.5 Å². The maximum Gasteiger partial charge on any atom is 0.258 e. The third-order valence-electron chi connectivity index (χ3n) is 5.19. The Morgan fingerprint density at radius 2 is 1.62 bits per heavy atom. The van der Waals surface area contributed by atoms with Gasteiger partial charge in [-0.1, -0.05) is 52.3 Å². The first-order valence-electron chi connectivity index (χ1n) is 9.77. The summed E-state index contributed by atoms with van der Waals surface area (Å²) in [5, 5.41) is 8.23. The third-order valence-corrected chi connectivity index (χ3v) is 6.09. The summed E-state index contributed by atoms with van der Waals surface area (Å²) in [5.41, 5.74) is 2.63. The Morgan fingerprint density at radius 1 is 0.897 bits per heavy atom. The van der Waals surface area contributed by atoms with Gasteiger partial charge in [-0.3, -0.25) is 10.1 Å². The summed E-state index contributed by atoms with van der Waals surface area (Å²) in [7, 11) is 0. The lowest BCUT2D eigenvalue weighted by molar-refractivity contribution is 0.0979. The van der Waals surface area contributed by atoms with Crippen molar-refractivity contribution in [1.29, 1.82) is 0 Å². The molecule has 0 spiro atoms. The highest BCUT2D eigenvalue weighted by Crippen LogP contribution is 2.29. The molecular weight excluding hydrogens is 446 g/mol. The average Bonchev–Trinajstić information content (AvgIpc) is 2.74. The Bertz CT molecular complexity index is 1060. The minimum Gasteiger partial charge on any atom is -0.370 e. The highest BCUT2D eigenvalue weighted by atomic mass is 79.9. The molecule has 0 aliphatic carbocycles. The van der Waals surface area contributed by atoms with Crippen molar-refractivity contribution in [2.75, 3.05) is 23.3 Å². The summed E-state index contributed by atoms with van der Waals surface area (Å²) in [6.45, 7) is 2.09. The molecule has 0 atom stereocenters.